The summed E-state index contributed by atoms with van der Waals surface area (Å²) < 4.78 is 1.59. The minimum atomic E-state index is -0.431. The van der Waals surface area contributed by atoms with Crippen LogP contribution in [0.3, 0.4) is 0 Å². The molecule has 9 heteroatoms. The summed E-state index contributed by atoms with van der Waals surface area (Å²) in [5.41, 5.74) is 1.83. The van der Waals surface area contributed by atoms with Crippen molar-refractivity contribution in [3.63, 3.8) is 0 Å². The third-order valence-corrected chi connectivity index (χ3v) is 3.52. The van der Waals surface area contributed by atoms with Crippen molar-refractivity contribution in [3.05, 3.63) is 48.7 Å². The fraction of sp³-hybridized carbons (Fsp3) is 0.188. The van der Waals surface area contributed by atoms with Gasteiger partial charge in [0.15, 0.2) is 5.65 Å². The first kappa shape index (κ1) is 16.4. The molecule has 0 aliphatic heterocycles. The molecule has 0 aromatic carbocycles. The maximum Gasteiger partial charge on any atom is 0.353 e. The van der Waals surface area contributed by atoms with Crippen LogP contribution in [0.25, 0.3) is 5.65 Å². The van der Waals surface area contributed by atoms with Crippen LogP contribution in [-0.4, -0.2) is 44.3 Å². The fourth-order valence-electron chi connectivity index (χ4n) is 2.36. The Morgan fingerprint density at radius 1 is 1.32 bits per heavy atom. The molecular weight excluding hydrogens is 322 g/mol. The molecule has 0 saturated heterocycles. The summed E-state index contributed by atoms with van der Waals surface area (Å²) in [6.07, 6.45) is 7.78. The molecule has 0 saturated carbocycles. The summed E-state index contributed by atoms with van der Waals surface area (Å²) in [4.78, 5) is 27.7. The second-order valence-corrected chi connectivity index (χ2v) is 4.98. The first-order valence-corrected chi connectivity index (χ1v) is 7.48. The molecule has 3 heterocycles. The van der Waals surface area contributed by atoms with Crippen LogP contribution < -0.4 is 4.90 Å². The maximum absolute atomic E-state index is 12.9. The lowest BCUT2D eigenvalue weighted by atomic mass is 10.2. The normalized spacial score (nSPS) is 10.4. The Bertz CT molecular complexity index is 943. The molecular formula is C16H15N7O2. The summed E-state index contributed by atoms with van der Waals surface area (Å²) in [5, 5.41) is 14.5. The molecule has 0 fully saturated rings. The predicted octanol–water partition coefficient (Wildman–Crippen LogP) is 2.14. The van der Waals surface area contributed by atoms with E-state index >= 15 is 0 Å². The summed E-state index contributed by atoms with van der Waals surface area (Å²) in [7, 11) is 1.42. The van der Waals surface area contributed by atoms with Crippen LogP contribution in [0.4, 0.5) is 16.2 Å². The first-order valence-electron chi connectivity index (χ1n) is 7.48. The molecule has 0 aliphatic rings. The highest BCUT2D eigenvalue weighted by Crippen LogP contribution is 2.27. The van der Waals surface area contributed by atoms with Crippen LogP contribution in [0.15, 0.2) is 43.1 Å². The van der Waals surface area contributed by atoms with Crippen molar-refractivity contribution in [3.8, 4) is 6.07 Å². The van der Waals surface area contributed by atoms with Crippen LogP contribution in [0.1, 0.15) is 12.5 Å². The van der Waals surface area contributed by atoms with Crippen LogP contribution >= 0.6 is 0 Å². The summed E-state index contributed by atoms with van der Waals surface area (Å²) in [5.74, 6) is 0. The highest BCUT2D eigenvalue weighted by molar-refractivity contribution is 5.99. The Labute approximate surface area is 143 Å². The van der Waals surface area contributed by atoms with Crippen LogP contribution in [0.5, 0.6) is 0 Å². The SMILES string of the molecule is CCN(OC)C(=O)N(c1cncc(C#N)c1)c1cnn2ccnc2c1. The van der Waals surface area contributed by atoms with Gasteiger partial charge in [-0.2, -0.15) is 10.4 Å². The number of fused-ring (bicyclic) bond motifs is 1. The topological polar surface area (TPSA) is 99.7 Å². The number of aromatic nitrogens is 4. The zero-order chi connectivity index (χ0) is 17.8. The van der Waals surface area contributed by atoms with Gasteiger partial charge >= 0.3 is 6.03 Å². The molecule has 9 nitrogen and oxygen atoms in total. The van der Waals surface area contributed by atoms with Gasteiger partial charge in [-0.05, 0) is 13.0 Å². The van der Waals surface area contributed by atoms with E-state index in [1.54, 1.807) is 36.0 Å². The van der Waals surface area contributed by atoms with Gasteiger partial charge < -0.3 is 0 Å². The Balaban J connectivity index is 2.13. The van der Waals surface area contributed by atoms with Gasteiger partial charge in [0.1, 0.15) is 6.07 Å². The molecule has 0 unspecified atom stereocenters. The van der Waals surface area contributed by atoms with E-state index in [0.717, 1.165) is 0 Å². The highest BCUT2D eigenvalue weighted by atomic mass is 16.7. The number of carbonyl (C=O) groups excluding carboxylic acids is 1. The zero-order valence-corrected chi connectivity index (χ0v) is 13.7. The predicted molar refractivity (Wildman–Crippen MR) is 88.9 cm³/mol. The summed E-state index contributed by atoms with van der Waals surface area (Å²) in [6.45, 7) is 2.13. The van der Waals surface area contributed by atoms with Crippen LogP contribution in [0, 0.1) is 11.3 Å². The van der Waals surface area contributed by atoms with Gasteiger partial charge in [0.05, 0.1) is 36.4 Å². The molecule has 0 bridgehead atoms. The monoisotopic (exact) mass is 337 g/mol. The smallest absolute Gasteiger partial charge is 0.273 e. The first-order chi connectivity index (χ1) is 12.2. The number of rotatable bonds is 4. The van der Waals surface area contributed by atoms with Gasteiger partial charge in [0.25, 0.3) is 0 Å². The molecule has 0 atom stereocenters. The molecule has 126 valence electrons. The molecule has 0 spiro atoms. The van der Waals surface area contributed by atoms with Crippen molar-refractivity contribution in [2.75, 3.05) is 18.6 Å². The second-order valence-electron chi connectivity index (χ2n) is 4.98. The number of amides is 2. The average molecular weight is 337 g/mol. The minimum absolute atomic E-state index is 0.339. The van der Waals surface area contributed by atoms with Gasteiger partial charge in [-0.15, -0.1) is 0 Å². The summed E-state index contributed by atoms with van der Waals surface area (Å²) >= 11 is 0. The van der Waals surface area contributed by atoms with Crippen molar-refractivity contribution in [1.82, 2.24) is 24.6 Å². The lowest BCUT2D eigenvalue weighted by Crippen LogP contribution is -2.40. The number of hydrogen-bond donors (Lipinski definition) is 0. The molecule has 0 N–H and O–H groups in total. The summed E-state index contributed by atoms with van der Waals surface area (Å²) in [6, 6.07) is 4.88. The lowest BCUT2D eigenvalue weighted by Gasteiger charge is -2.28. The van der Waals surface area contributed by atoms with E-state index < -0.39 is 6.03 Å². The van der Waals surface area contributed by atoms with E-state index in [9.17, 15) is 4.79 Å². The molecule has 2 amide bonds. The number of imidazole rings is 1. The molecule has 3 aromatic rings. The number of anilines is 2. The van der Waals surface area contributed by atoms with Crippen molar-refractivity contribution < 1.29 is 9.63 Å². The Kier molecular flexibility index (Phi) is 4.54. The number of hydroxylamine groups is 2. The number of nitrogens with zero attached hydrogens (tertiary/aromatic N) is 7. The van der Waals surface area contributed by atoms with Crippen molar-refractivity contribution >= 4 is 23.1 Å². The Morgan fingerprint density at radius 2 is 2.12 bits per heavy atom. The maximum atomic E-state index is 12.9. The molecule has 0 aliphatic carbocycles. The third kappa shape index (κ3) is 3.11. The van der Waals surface area contributed by atoms with Gasteiger partial charge in [-0.3, -0.25) is 14.7 Å². The molecule has 0 radical (unpaired) electrons. The molecule has 3 rings (SSSR count). The number of hydrogen-bond acceptors (Lipinski definition) is 6. The van der Waals surface area contributed by atoms with Crippen LogP contribution in [-0.2, 0) is 4.84 Å². The number of urea groups is 1. The van der Waals surface area contributed by atoms with Crippen LogP contribution in [0.2, 0.25) is 0 Å². The van der Waals surface area contributed by atoms with Gasteiger partial charge in [0, 0.05) is 31.2 Å². The lowest BCUT2D eigenvalue weighted by molar-refractivity contribution is -0.0791. The van der Waals surface area contributed by atoms with Crippen molar-refractivity contribution in [1.29, 1.82) is 5.26 Å². The zero-order valence-electron chi connectivity index (χ0n) is 13.7. The number of nitriles is 1. The largest absolute Gasteiger partial charge is 0.353 e. The van der Waals surface area contributed by atoms with E-state index in [2.05, 4.69) is 15.1 Å². The fourth-order valence-corrected chi connectivity index (χ4v) is 2.36. The van der Waals surface area contributed by atoms with E-state index in [1.807, 2.05) is 6.07 Å². The Hall–Kier alpha value is -3.51. The third-order valence-electron chi connectivity index (χ3n) is 3.52. The number of pyridine rings is 1. The van der Waals surface area contributed by atoms with Gasteiger partial charge in [-0.1, -0.05) is 0 Å². The Morgan fingerprint density at radius 3 is 2.84 bits per heavy atom. The van der Waals surface area contributed by atoms with Gasteiger partial charge in [-0.25, -0.2) is 19.4 Å². The molecule has 3 aromatic heterocycles. The van der Waals surface area contributed by atoms with E-state index in [1.165, 1.54) is 35.7 Å². The van der Waals surface area contributed by atoms with Crippen molar-refractivity contribution in [2.24, 2.45) is 0 Å². The minimum Gasteiger partial charge on any atom is -0.273 e. The second kappa shape index (κ2) is 6.94. The average Bonchev–Trinajstić information content (AvgIpc) is 3.11. The van der Waals surface area contributed by atoms with Crippen molar-refractivity contribution in [2.45, 2.75) is 6.92 Å². The van der Waals surface area contributed by atoms with Gasteiger partial charge in [0.2, 0.25) is 0 Å². The number of carbonyl (C=O) groups is 1. The highest BCUT2D eigenvalue weighted by Gasteiger charge is 2.25. The van der Waals surface area contributed by atoms with E-state index in [0.29, 0.717) is 29.1 Å². The van der Waals surface area contributed by atoms with E-state index in [4.69, 9.17) is 10.1 Å². The standard InChI is InChI=1S/C16H15N7O2/c1-3-22(25-2)16(24)23(13-6-12(8-17)9-18-10-13)14-7-15-19-4-5-21(15)20-11-14/h4-7,9-11H,3H2,1-2H3. The quantitative estimate of drug-likeness (QED) is 0.676. The molecule has 25 heavy (non-hydrogen) atoms. The van der Waals surface area contributed by atoms with E-state index in [-0.39, 0.29) is 0 Å².